The molecule has 0 N–H and O–H groups in total. The van der Waals surface area contributed by atoms with Gasteiger partial charge in [-0.1, -0.05) is 29.8 Å². The lowest BCUT2D eigenvalue weighted by atomic mass is 10.1. The molecule has 1 heterocycles. The zero-order valence-corrected chi connectivity index (χ0v) is 17.2. The molecule has 29 heavy (non-hydrogen) atoms. The van der Waals surface area contributed by atoms with Crippen LogP contribution >= 0.6 is 23.4 Å². The van der Waals surface area contributed by atoms with E-state index in [0.717, 1.165) is 27.8 Å². The molecule has 1 fully saturated rings. The molecule has 0 spiro atoms. The van der Waals surface area contributed by atoms with Crippen molar-refractivity contribution < 1.29 is 19.2 Å². The van der Waals surface area contributed by atoms with Gasteiger partial charge in [-0.3, -0.25) is 24.6 Å². The summed E-state index contributed by atoms with van der Waals surface area (Å²) in [5.74, 6) is 0.253. The van der Waals surface area contributed by atoms with E-state index in [2.05, 4.69) is 0 Å². The molecule has 3 rings (SSSR count). The molecular weight excluding hydrogens is 416 g/mol. The smallest absolute Gasteiger partial charge is 0.293 e. The summed E-state index contributed by atoms with van der Waals surface area (Å²) in [6.07, 6.45) is 1.44. The zero-order valence-electron chi connectivity index (χ0n) is 15.7. The van der Waals surface area contributed by atoms with Crippen LogP contribution in [0, 0.1) is 24.0 Å². The van der Waals surface area contributed by atoms with Crippen molar-refractivity contribution in [1.29, 1.82) is 0 Å². The number of amides is 2. The highest BCUT2D eigenvalue weighted by Crippen LogP contribution is 2.33. The SMILES string of the molecule is Cc1ccc(C)c(OCCN2C(=O)S/C(=C\c3ccc(Cl)c([N+](=O)[O-])c3)C2=O)c1. The van der Waals surface area contributed by atoms with Crippen molar-refractivity contribution in [3.63, 3.8) is 0 Å². The minimum atomic E-state index is -0.601. The highest BCUT2D eigenvalue weighted by atomic mass is 35.5. The van der Waals surface area contributed by atoms with E-state index in [1.165, 1.54) is 18.2 Å². The standard InChI is InChI=1S/C20H17ClN2O5S/c1-12-3-4-13(2)17(9-12)28-8-7-22-19(24)18(29-20(22)25)11-14-5-6-15(21)16(10-14)23(26)27/h3-6,9-11H,7-8H2,1-2H3/b18-11-. The molecule has 0 unspecified atom stereocenters. The molecule has 9 heteroatoms. The fourth-order valence-electron chi connectivity index (χ4n) is 2.71. The number of hydrogen-bond donors (Lipinski definition) is 0. The number of thioether (sulfide) groups is 1. The van der Waals surface area contributed by atoms with Crippen LogP contribution in [-0.2, 0) is 4.79 Å². The van der Waals surface area contributed by atoms with Crippen molar-refractivity contribution in [3.05, 3.63) is 73.1 Å². The van der Waals surface area contributed by atoms with Gasteiger partial charge in [0.2, 0.25) is 0 Å². The highest BCUT2D eigenvalue weighted by Gasteiger charge is 2.35. The van der Waals surface area contributed by atoms with Gasteiger partial charge in [-0.25, -0.2) is 0 Å². The molecule has 1 aliphatic heterocycles. The van der Waals surface area contributed by atoms with Crippen molar-refractivity contribution in [2.45, 2.75) is 13.8 Å². The third kappa shape index (κ3) is 4.78. The number of hydrogen-bond acceptors (Lipinski definition) is 6. The monoisotopic (exact) mass is 432 g/mol. The average Bonchev–Trinajstić information content (AvgIpc) is 2.93. The van der Waals surface area contributed by atoms with Crippen LogP contribution in [-0.4, -0.2) is 34.1 Å². The predicted octanol–water partition coefficient (Wildman–Crippen LogP) is 4.98. The Morgan fingerprint density at radius 3 is 2.69 bits per heavy atom. The Balaban J connectivity index is 1.69. The molecule has 0 atom stereocenters. The number of carbonyl (C=O) groups excluding carboxylic acids is 2. The minimum Gasteiger partial charge on any atom is -0.491 e. The molecule has 2 amide bonds. The first-order valence-corrected chi connectivity index (χ1v) is 9.85. The van der Waals surface area contributed by atoms with Gasteiger partial charge < -0.3 is 4.74 Å². The van der Waals surface area contributed by atoms with Gasteiger partial charge in [-0.05, 0) is 60.5 Å². The van der Waals surface area contributed by atoms with Crippen molar-refractivity contribution in [1.82, 2.24) is 4.90 Å². The topological polar surface area (TPSA) is 89.8 Å². The van der Waals surface area contributed by atoms with Gasteiger partial charge >= 0.3 is 0 Å². The molecule has 2 aromatic carbocycles. The van der Waals surface area contributed by atoms with Gasteiger partial charge in [0.05, 0.1) is 16.4 Å². The lowest BCUT2D eigenvalue weighted by Crippen LogP contribution is -2.32. The van der Waals surface area contributed by atoms with Gasteiger partial charge in [-0.2, -0.15) is 0 Å². The Labute approximate surface area is 176 Å². The Morgan fingerprint density at radius 2 is 1.97 bits per heavy atom. The Bertz CT molecular complexity index is 1040. The zero-order chi connectivity index (χ0) is 21.1. The maximum absolute atomic E-state index is 12.6. The van der Waals surface area contributed by atoms with Crippen molar-refractivity contribution in [3.8, 4) is 5.75 Å². The molecular formula is C20H17ClN2O5S. The molecule has 0 aromatic heterocycles. The third-order valence-corrected chi connectivity index (χ3v) is 5.48. The fraction of sp³-hybridized carbons (Fsp3) is 0.200. The Morgan fingerprint density at radius 1 is 1.21 bits per heavy atom. The van der Waals surface area contributed by atoms with Gasteiger partial charge in [0.25, 0.3) is 16.8 Å². The molecule has 0 saturated carbocycles. The summed E-state index contributed by atoms with van der Waals surface area (Å²) < 4.78 is 5.72. The van der Waals surface area contributed by atoms with Crippen molar-refractivity contribution >= 4 is 46.3 Å². The quantitative estimate of drug-likeness (QED) is 0.363. The lowest BCUT2D eigenvalue weighted by molar-refractivity contribution is -0.384. The number of nitro benzene ring substituents is 1. The Kier molecular flexibility index (Phi) is 6.24. The third-order valence-electron chi connectivity index (χ3n) is 4.25. The predicted molar refractivity (Wildman–Crippen MR) is 112 cm³/mol. The maximum atomic E-state index is 12.6. The van der Waals surface area contributed by atoms with Gasteiger partial charge in [0, 0.05) is 6.07 Å². The van der Waals surface area contributed by atoms with E-state index in [4.69, 9.17) is 16.3 Å². The summed E-state index contributed by atoms with van der Waals surface area (Å²) in [7, 11) is 0. The number of ether oxygens (including phenoxy) is 1. The summed E-state index contributed by atoms with van der Waals surface area (Å²) in [6, 6.07) is 10.0. The van der Waals surface area contributed by atoms with E-state index in [0.29, 0.717) is 11.3 Å². The number of aryl methyl sites for hydroxylation is 2. The number of nitro groups is 1. The fourth-order valence-corrected chi connectivity index (χ4v) is 3.76. The molecule has 1 saturated heterocycles. The largest absolute Gasteiger partial charge is 0.491 e. The van der Waals surface area contributed by atoms with E-state index in [1.807, 2.05) is 32.0 Å². The van der Waals surface area contributed by atoms with Crippen LogP contribution in [0.1, 0.15) is 16.7 Å². The highest BCUT2D eigenvalue weighted by molar-refractivity contribution is 8.18. The van der Waals surface area contributed by atoms with Crippen LogP contribution in [0.4, 0.5) is 10.5 Å². The normalized spacial score (nSPS) is 15.3. The van der Waals surface area contributed by atoms with Crippen molar-refractivity contribution in [2.75, 3.05) is 13.2 Å². The van der Waals surface area contributed by atoms with E-state index < -0.39 is 16.1 Å². The molecule has 0 bridgehead atoms. The second-order valence-corrected chi connectivity index (χ2v) is 7.82. The Hall–Kier alpha value is -2.84. The lowest BCUT2D eigenvalue weighted by Gasteiger charge is -2.14. The van der Waals surface area contributed by atoms with Crippen LogP contribution in [0.2, 0.25) is 5.02 Å². The van der Waals surface area contributed by atoms with E-state index in [-0.39, 0.29) is 28.8 Å². The minimum absolute atomic E-state index is 0.00356. The van der Waals surface area contributed by atoms with Gasteiger partial charge in [-0.15, -0.1) is 0 Å². The first-order chi connectivity index (χ1) is 13.8. The van der Waals surface area contributed by atoms with Crippen LogP contribution in [0.5, 0.6) is 5.75 Å². The van der Waals surface area contributed by atoms with Crippen LogP contribution in [0.25, 0.3) is 6.08 Å². The number of imide groups is 1. The summed E-state index contributed by atoms with van der Waals surface area (Å²) in [4.78, 5) is 36.5. The summed E-state index contributed by atoms with van der Waals surface area (Å²) in [5, 5.41) is 10.6. The second kappa shape index (κ2) is 8.67. The number of nitrogens with zero attached hydrogens (tertiary/aromatic N) is 2. The van der Waals surface area contributed by atoms with Gasteiger partial charge in [0.15, 0.2) is 0 Å². The molecule has 1 aliphatic rings. The van der Waals surface area contributed by atoms with Gasteiger partial charge in [0.1, 0.15) is 17.4 Å². The number of benzene rings is 2. The summed E-state index contributed by atoms with van der Waals surface area (Å²) in [5.41, 5.74) is 2.17. The molecule has 0 radical (unpaired) electrons. The number of rotatable bonds is 6. The van der Waals surface area contributed by atoms with Crippen molar-refractivity contribution in [2.24, 2.45) is 0 Å². The summed E-state index contributed by atoms with van der Waals surface area (Å²) >= 11 is 6.59. The molecule has 2 aromatic rings. The first kappa shape index (κ1) is 20.9. The van der Waals surface area contributed by atoms with Crippen LogP contribution < -0.4 is 4.74 Å². The second-order valence-electron chi connectivity index (χ2n) is 6.42. The van der Waals surface area contributed by atoms with E-state index in [9.17, 15) is 19.7 Å². The molecule has 150 valence electrons. The summed E-state index contributed by atoms with van der Waals surface area (Å²) in [6.45, 7) is 4.15. The molecule has 0 aliphatic carbocycles. The average molecular weight is 433 g/mol. The maximum Gasteiger partial charge on any atom is 0.293 e. The first-order valence-electron chi connectivity index (χ1n) is 8.65. The van der Waals surface area contributed by atoms with Crippen LogP contribution in [0.3, 0.4) is 0 Å². The number of halogens is 1. The number of carbonyl (C=O) groups is 2. The van der Waals surface area contributed by atoms with Crippen LogP contribution in [0.15, 0.2) is 41.3 Å². The van der Waals surface area contributed by atoms with E-state index >= 15 is 0 Å². The van der Waals surface area contributed by atoms with E-state index in [1.54, 1.807) is 6.07 Å². The molecule has 7 nitrogen and oxygen atoms in total.